The maximum absolute atomic E-state index is 3.53. The molecule has 0 bridgehead atoms. The fraction of sp³-hybridized carbons (Fsp3) is 1.00. The van der Waals surface area contributed by atoms with Gasteiger partial charge in [-0.3, -0.25) is 4.90 Å². The average Bonchev–Trinajstić information content (AvgIpc) is 2.18. The maximum Gasteiger partial charge on any atom is 0.0110 e. The van der Waals surface area contributed by atoms with Gasteiger partial charge in [-0.15, -0.1) is 0 Å². The van der Waals surface area contributed by atoms with Gasteiger partial charge in [-0.2, -0.15) is 0 Å². The van der Waals surface area contributed by atoms with Crippen LogP contribution >= 0.6 is 0 Å². The molecule has 0 spiro atoms. The summed E-state index contributed by atoms with van der Waals surface area (Å²) in [6.07, 6.45) is 2.80. The van der Waals surface area contributed by atoms with Crippen molar-refractivity contribution < 1.29 is 0 Å². The van der Waals surface area contributed by atoms with Crippen LogP contribution < -0.4 is 5.32 Å². The number of piperidine rings is 1. The van der Waals surface area contributed by atoms with E-state index < -0.39 is 0 Å². The highest BCUT2D eigenvalue weighted by molar-refractivity contribution is 4.78. The lowest BCUT2D eigenvalue weighted by atomic mass is 9.92. The van der Waals surface area contributed by atoms with Crippen molar-refractivity contribution in [1.82, 2.24) is 10.2 Å². The van der Waals surface area contributed by atoms with E-state index in [9.17, 15) is 0 Å². The summed E-state index contributed by atoms with van der Waals surface area (Å²) >= 11 is 0. The standard InChI is InChI=1S/C13H28N2/c1-11(2)10-14-7-9-15-8-5-6-12(3)13(15)4/h11-14H,5-10H2,1-4H3. The number of hydrogen-bond donors (Lipinski definition) is 1. The summed E-state index contributed by atoms with van der Waals surface area (Å²) in [5.41, 5.74) is 0. The van der Waals surface area contributed by atoms with E-state index in [0.29, 0.717) is 0 Å². The van der Waals surface area contributed by atoms with Gasteiger partial charge in [-0.25, -0.2) is 0 Å². The molecule has 2 nitrogen and oxygen atoms in total. The second-order valence-electron chi connectivity index (χ2n) is 5.49. The first-order valence-corrected chi connectivity index (χ1v) is 6.56. The van der Waals surface area contributed by atoms with Crippen molar-refractivity contribution in [3.05, 3.63) is 0 Å². The van der Waals surface area contributed by atoms with Crippen LogP contribution in [0.5, 0.6) is 0 Å². The van der Waals surface area contributed by atoms with Gasteiger partial charge >= 0.3 is 0 Å². The van der Waals surface area contributed by atoms with Crippen molar-refractivity contribution in [2.24, 2.45) is 11.8 Å². The normalized spacial score (nSPS) is 28.6. The number of rotatable bonds is 5. The van der Waals surface area contributed by atoms with E-state index in [1.807, 2.05) is 0 Å². The Morgan fingerprint density at radius 1 is 1.33 bits per heavy atom. The molecule has 0 aromatic carbocycles. The Kier molecular flexibility index (Phi) is 5.62. The average molecular weight is 212 g/mol. The highest BCUT2D eigenvalue weighted by Gasteiger charge is 2.23. The molecular weight excluding hydrogens is 184 g/mol. The molecule has 90 valence electrons. The minimum atomic E-state index is 0.766. The molecule has 2 unspecified atom stereocenters. The Labute approximate surface area is 95.4 Å². The number of likely N-dealkylation sites (tertiary alicyclic amines) is 1. The summed E-state index contributed by atoms with van der Waals surface area (Å²) in [6, 6.07) is 0.777. The minimum absolute atomic E-state index is 0.766. The zero-order valence-corrected chi connectivity index (χ0v) is 10.9. The summed E-state index contributed by atoms with van der Waals surface area (Å²) in [6.45, 7) is 14.1. The van der Waals surface area contributed by atoms with E-state index in [1.54, 1.807) is 0 Å². The van der Waals surface area contributed by atoms with Gasteiger partial charge in [0.15, 0.2) is 0 Å². The van der Waals surface area contributed by atoms with Crippen molar-refractivity contribution in [3.63, 3.8) is 0 Å². The minimum Gasteiger partial charge on any atom is -0.315 e. The molecule has 0 aromatic heterocycles. The fourth-order valence-electron chi connectivity index (χ4n) is 2.35. The van der Waals surface area contributed by atoms with Crippen molar-refractivity contribution >= 4 is 0 Å². The lowest BCUT2D eigenvalue weighted by Crippen LogP contribution is -2.45. The monoisotopic (exact) mass is 212 g/mol. The molecule has 1 heterocycles. The first-order valence-electron chi connectivity index (χ1n) is 6.56. The van der Waals surface area contributed by atoms with Crippen LogP contribution in [-0.2, 0) is 0 Å². The third-order valence-corrected chi connectivity index (χ3v) is 3.63. The number of hydrogen-bond acceptors (Lipinski definition) is 2. The summed E-state index contributed by atoms with van der Waals surface area (Å²) in [4.78, 5) is 2.64. The predicted octanol–water partition coefficient (Wildman–Crippen LogP) is 2.35. The molecule has 0 aromatic rings. The molecule has 0 amide bonds. The molecule has 0 radical (unpaired) electrons. The van der Waals surface area contributed by atoms with E-state index in [1.165, 1.54) is 25.9 Å². The van der Waals surface area contributed by atoms with Gasteiger partial charge in [0.2, 0.25) is 0 Å². The Balaban J connectivity index is 2.14. The lowest BCUT2D eigenvalue weighted by Gasteiger charge is -2.38. The maximum atomic E-state index is 3.53. The highest BCUT2D eigenvalue weighted by Crippen LogP contribution is 2.21. The molecule has 1 aliphatic heterocycles. The fourth-order valence-corrected chi connectivity index (χ4v) is 2.35. The molecular formula is C13H28N2. The SMILES string of the molecule is CC(C)CNCCN1CCCC(C)C1C. The second-order valence-corrected chi connectivity index (χ2v) is 5.49. The third-order valence-electron chi connectivity index (χ3n) is 3.63. The van der Waals surface area contributed by atoms with Gasteiger partial charge < -0.3 is 5.32 Å². The van der Waals surface area contributed by atoms with Gasteiger partial charge in [0.05, 0.1) is 0 Å². The van der Waals surface area contributed by atoms with Crippen LogP contribution in [0.15, 0.2) is 0 Å². The van der Waals surface area contributed by atoms with Crippen LogP contribution in [0.3, 0.4) is 0 Å². The molecule has 1 aliphatic rings. The summed E-state index contributed by atoms with van der Waals surface area (Å²) in [7, 11) is 0. The summed E-state index contributed by atoms with van der Waals surface area (Å²) < 4.78 is 0. The van der Waals surface area contributed by atoms with E-state index in [4.69, 9.17) is 0 Å². The largest absolute Gasteiger partial charge is 0.315 e. The molecule has 1 N–H and O–H groups in total. The third kappa shape index (κ3) is 4.52. The van der Waals surface area contributed by atoms with E-state index in [2.05, 4.69) is 37.9 Å². The van der Waals surface area contributed by atoms with E-state index >= 15 is 0 Å². The Bertz CT molecular complexity index is 168. The van der Waals surface area contributed by atoms with E-state index in [-0.39, 0.29) is 0 Å². The van der Waals surface area contributed by atoms with Gasteiger partial charge in [0, 0.05) is 19.1 Å². The quantitative estimate of drug-likeness (QED) is 0.704. The Morgan fingerprint density at radius 3 is 2.73 bits per heavy atom. The molecule has 1 saturated heterocycles. The van der Waals surface area contributed by atoms with E-state index in [0.717, 1.165) is 31.0 Å². The lowest BCUT2D eigenvalue weighted by molar-refractivity contribution is 0.114. The predicted molar refractivity (Wildman–Crippen MR) is 67.1 cm³/mol. The second kappa shape index (κ2) is 6.49. The molecule has 1 fully saturated rings. The zero-order valence-electron chi connectivity index (χ0n) is 10.9. The van der Waals surface area contributed by atoms with Gasteiger partial charge in [0.1, 0.15) is 0 Å². The van der Waals surface area contributed by atoms with Crippen molar-refractivity contribution in [1.29, 1.82) is 0 Å². The van der Waals surface area contributed by atoms with Crippen LogP contribution in [0.25, 0.3) is 0 Å². The van der Waals surface area contributed by atoms with Crippen LogP contribution in [0.2, 0.25) is 0 Å². The van der Waals surface area contributed by atoms with Crippen LogP contribution in [0.1, 0.15) is 40.5 Å². The molecule has 2 atom stereocenters. The smallest absolute Gasteiger partial charge is 0.0110 e. The molecule has 0 aliphatic carbocycles. The Morgan fingerprint density at radius 2 is 2.07 bits per heavy atom. The first-order chi connectivity index (χ1) is 7.11. The van der Waals surface area contributed by atoms with Gasteiger partial charge in [-0.05, 0) is 44.7 Å². The van der Waals surface area contributed by atoms with Crippen LogP contribution in [0, 0.1) is 11.8 Å². The molecule has 2 heteroatoms. The topological polar surface area (TPSA) is 15.3 Å². The molecule has 0 saturated carbocycles. The summed E-state index contributed by atoms with van der Waals surface area (Å²) in [5.74, 6) is 1.64. The number of nitrogens with zero attached hydrogens (tertiary/aromatic N) is 1. The first kappa shape index (κ1) is 13.0. The van der Waals surface area contributed by atoms with Gasteiger partial charge in [-0.1, -0.05) is 20.8 Å². The zero-order chi connectivity index (χ0) is 11.3. The summed E-state index contributed by atoms with van der Waals surface area (Å²) in [5, 5.41) is 3.53. The van der Waals surface area contributed by atoms with Crippen LogP contribution in [-0.4, -0.2) is 37.1 Å². The molecule has 15 heavy (non-hydrogen) atoms. The van der Waals surface area contributed by atoms with Crippen molar-refractivity contribution in [2.45, 2.75) is 46.6 Å². The van der Waals surface area contributed by atoms with Gasteiger partial charge in [0.25, 0.3) is 0 Å². The van der Waals surface area contributed by atoms with Crippen LogP contribution in [0.4, 0.5) is 0 Å². The van der Waals surface area contributed by atoms with Crippen molar-refractivity contribution in [3.8, 4) is 0 Å². The number of nitrogens with one attached hydrogen (secondary N) is 1. The van der Waals surface area contributed by atoms with Crippen molar-refractivity contribution in [2.75, 3.05) is 26.2 Å². The Hall–Kier alpha value is -0.0800. The molecule has 1 rings (SSSR count). The highest BCUT2D eigenvalue weighted by atomic mass is 15.2.